The topological polar surface area (TPSA) is 127 Å². The van der Waals surface area contributed by atoms with Gasteiger partial charge < -0.3 is 25.7 Å². The van der Waals surface area contributed by atoms with Gasteiger partial charge in [0.2, 0.25) is 0 Å². The van der Waals surface area contributed by atoms with Crippen LogP contribution < -0.4 is 11.5 Å². The summed E-state index contributed by atoms with van der Waals surface area (Å²) in [6.07, 6.45) is 4.21. The molecule has 2 aliphatic rings. The zero-order valence-electron chi connectivity index (χ0n) is 18.2. The summed E-state index contributed by atoms with van der Waals surface area (Å²) < 4.78 is 20.9. The standard InChI is InChI=1S/C20H33N7O3/c1-12(2)26(8-6-5-7-21)9-13-15-16(30-20(3,4)29-15)19(28-13)27-11-25-14-17(22)23-10-24-18(14)27/h10-13,15-16,19H,5-9,21H2,1-4H3,(H2,22,23,24)/t13-,15-,16-,19?/m1/s1. The summed E-state index contributed by atoms with van der Waals surface area (Å²) in [5.41, 5.74) is 12.8. The molecule has 0 bridgehead atoms. The average molecular weight is 420 g/mol. The van der Waals surface area contributed by atoms with E-state index in [1.54, 1.807) is 6.33 Å². The van der Waals surface area contributed by atoms with E-state index in [9.17, 15) is 0 Å². The Morgan fingerprint density at radius 1 is 1.17 bits per heavy atom. The van der Waals surface area contributed by atoms with Crippen molar-refractivity contribution in [3.63, 3.8) is 0 Å². The van der Waals surface area contributed by atoms with Crippen LogP contribution in [-0.4, -0.2) is 74.2 Å². The third-order valence-electron chi connectivity index (χ3n) is 5.83. The molecule has 0 amide bonds. The Balaban J connectivity index is 1.59. The van der Waals surface area contributed by atoms with E-state index < -0.39 is 12.0 Å². The molecule has 2 aromatic rings. The van der Waals surface area contributed by atoms with E-state index in [-0.39, 0.29) is 18.3 Å². The molecule has 0 aromatic carbocycles. The maximum atomic E-state index is 6.51. The first-order valence-corrected chi connectivity index (χ1v) is 10.7. The molecule has 2 aromatic heterocycles. The van der Waals surface area contributed by atoms with Crippen molar-refractivity contribution in [3.05, 3.63) is 12.7 Å². The van der Waals surface area contributed by atoms with Gasteiger partial charge in [-0.2, -0.15) is 0 Å². The molecule has 2 saturated heterocycles. The fourth-order valence-corrected chi connectivity index (χ4v) is 4.34. The first-order valence-electron chi connectivity index (χ1n) is 10.7. The van der Waals surface area contributed by atoms with Gasteiger partial charge in [0.1, 0.15) is 30.2 Å². The summed E-state index contributed by atoms with van der Waals surface area (Å²) in [7, 11) is 0. The van der Waals surface area contributed by atoms with Gasteiger partial charge in [-0.1, -0.05) is 0 Å². The van der Waals surface area contributed by atoms with Crippen molar-refractivity contribution < 1.29 is 14.2 Å². The molecule has 30 heavy (non-hydrogen) atoms. The minimum Gasteiger partial charge on any atom is -0.382 e. The summed E-state index contributed by atoms with van der Waals surface area (Å²) in [5, 5.41) is 0. The van der Waals surface area contributed by atoms with E-state index in [1.807, 2.05) is 18.4 Å². The summed E-state index contributed by atoms with van der Waals surface area (Å²) in [4.78, 5) is 15.2. The molecule has 166 valence electrons. The van der Waals surface area contributed by atoms with Crippen LogP contribution >= 0.6 is 0 Å². The Kier molecular flexibility index (Phi) is 5.95. The Labute approximate surface area is 176 Å². The Morgan fingerprint density at radius 2 is 1.93 bits per heavy atom. The lowest BCUT2D eigenvalue weighted by Gasteiger charge is -2.31. The quantitative estimate of drug-likeness (QED) is 0.608. The zero-order chi connectivity index (χ0) is 21.5. The number of hydrogen-bond acceptors (Lipinski definition) is 9. The molecular weight excluding hydrogens is 386 g/mol. The molecule has 0 aliphatic carbocycles. The molecule has 4 rings (SSSR count). The third-order valence-corrected chi connectivity index (χ3v) is 5.83. The van der Waals surface area contributed by atoms with Crippen molar-refractivity contribution in [2.24, 2.45) is 5.73 Å². The number of rotatable bonds is 8. The van der Waals surface area contributed by atoms with Crippen molar-refractivity contribution in [2.75, 3.05) is 25.4 Å². The van der Waals surface area contributed by atoms with Gasteiger partial charge in [-0.25, -0.2) is 15.0 Å². The molecule has 2 aliphatic heterocycles. The molecule has 0 saturated carbocycles. The molecule has 10 heteroatoms. The lowest BCUT2D eigenvalue weighted by Crippen LogP contribution is -2.43. The second kappa shape index (κ2) is 8.35. The second-order valence-corrected chi connectivity index (χ2v) is 8.80. The van der Waals surface area contributed by atoms with Crippen molar-refractivity contribution in [1.29, 1.82) is 0 Å². The van der Waals surface area contributed by atoms with Gasteiger partial charge in [0, 0.05) is 12.6 Å². The summed E-state index contributed by atoms with van der Waals surface area (Å²) in [6.45, 7) is 10.7. The van der Waals surface area contributed by atoms with Gasteiger partial charge in [-0.05, 0) is 53.6 Å². The van der Waals surface area contributed by atoms with Crippen molar-refractivity contribution in [3.8, 4) is 0 Å². The van der Waals surface area contributed by atoms with Gasteiger partial charge >= 0.3 is 0 Å². The van der Waals surface area contributed by atoms with E-state index in [0.717, 1.165) is 25.9 Å². The number of ether oxygens (including phenoxy) is 3. The normalized spacial score (nSPS) is 28.1. The third kappa shape index (κ3) is 4.02. The van der Waals surface area contributed by atoms with Crippen LogP contribution in [0.2, 0.25) is 0 Å². The van der Waals surface area contributed by atoms with Crippen molar-refractivity contribution in [2.45, 2.75) is 76.9 Å². The van der Waals surface area contributed by atoms with E-state index >= 15 is 0 Å². The van der Waals surface area contributed by atoms with Crippen LogP contribution in [0.25, 0.3) is 11.2 Å². The number of nitrogens with two attached hydrogens (primary N) is 2. The molecule has 0 radical (unpaired) electrons. The van der Waals surface area contributed by atoms with E-state index in [0.29, 0.717) is 29.6 Å². The Hall–Kier alpha value is -1.85. The summed E-state index contributed by atoms with van der Waals surface area (Å²) in [5.74, 6) is -0.331. The number of aromatic nitrogens is 4. The number of hydrogen-bond donors (Lipinski definition) is 2. The highest BCUT2D eigenvalue weighted by Gasteiger charge is 2.56. The minimum atomic E-state index is -0.678. The van der Waals surface area contributed by atoms with Crippen molar-refractivity contribution >= 4 is 17.0 Å². The highest BCUT2D eigenvalue weighted by Crippen LogP contribution is 2.44. The number of nitrogen functional groups attached to an aromatic ring is 1. The number of anilines is 1. The van der Waals surface area contributed by atoms with E-state index in [1.165, 1.54) is 6.33 Å². The second-order valence-electron chi connectivity index (χ2n) is 8.80. The lowest BCUT2D eigenvalue weighted by atomic mass is 10.1. The lowest BCUT2D eigenvalue weighted by molar-refractivity contribution is -0.198. The first kappa shape index (κ1) is 21.4. The van der Waals surface area contributed by atoms with Gasteiger partial charge in [-0.15, -0.1) is 0 Å². The van der Waals surface area contributed by atoms with Crippen LogP contribution in [-0.2, 0) is 14.2 Å². The van der Waals surface area contributed by atoms with Crippen LogP contribution in [0.5, 0.6) is 0 Å². The zero-order valence-corrected chi connectivity index (χ0v) is 18.2. The van der Waals surface area contributed by atoms with Crippen LogP contribution in [0, 0.1) is 0 Å². The molecule has 2 fully saturated rings. The molecule has 4 atom stereocenters. The SMILES string of the molecule is CC(C)N(CCCCN)C[C@H]1OC(n2cnc3c(N)ncnc32)[C@@H]2OC(C)(C)O[C@H]12. The van der Waals surface area contributed by atoms with E-state index in [2.05, 4.69) is 33.7 Å². The number of nitrogens with zero attached hydrogens (tertiary/aromatic N) is 5. The van der Waals surface area contributed by atoms with E-state index in [4.69, 9.17) is 25.7 Å². The first-order chi connectivity index (χ1) is 14.3. The highest BCUT2D eigenvalue weighted by molar-refractivity contribution is 5.81. The minimum absolute atomic E-state index is 0.140. The molecule has 4 heterocycles. The number of unbranched alkanes of at least 4 members (excludes halogenated alkanes) is 1. The molecule has 10 nitrogen and oxygen atoms in total. The molecule has 4 N–H and O–H groups in total. The van der Waals surface area contributed by atoms with Crippen LogP contribution in [0.3, 0.4) is 0 Å². The highest BCUT2D eigenvalue weighted by atomic mass is 16.8. The molecular formula is C20H33N7O3. The largest absolute Gasteiger partial charge is 0.382 e. The smallest absolute Gasteiger partial charge is 0.167 e. The van der Waals surface area contributed by atoms with Gasteiger partial charge in [-0.3, -0.25) is 9.47 Å². The van der Waals surface area contributed by atoms with Crippen LogP contribution in [0.15, 0.2) is 12.7 Å². The van der Waals surface area contributed by atoms with Crippen molar-refractivity contribution in [1.82, 2.24) is 24.4 Å². The molecule has 1 unspecified atom stereocenters. The maximum Gasteiger partial charge on any atom is 0.167 e. The monoisotopic (exact) mass is 419 g/mol. The maximum absolute atomic E-state index is 6.51. The van der Waals surface area contributed by atoms with Gasteiger partial charge in [0.25, 0.3) is 0 Å². The van der Waals surface area contributed by atoms with Gasteiger partial charge in [0.15, 0.2) is 23.5 Å². The Morgan fingerprint density at radius 3 is 2.67 bits per heavy atom. The van der Waals surface area contributed by atoms with Gasteiger partial charge in [0.05, 0.1) is 6.33 Å². The fraction of sp³-hybridized carbons (Fsp3) is 0.750. The molecule has 0 spiro atoms. The summed E-state index contributed by atoms with van der Waals surface area (Å²) >= 11 is 0. The predicted octanol–water partition coefficient (Wildman–Crippen LogP) is 1.28. The van der Waals surface area contributed by atoms with Crippen LogP contribution in [0.1, 0.15) is 46.8 Å². The Bertz CT molecular complexity index is 871. The van der Waals surface area contributed by atoms with Crippen LogP contribution in [0.4, 0.5) is 5.82 Å². The summed E-state index contributed by atoms with van der Waals surface area (Å²) in [6, 6.07) is 0.390. The predicted molar refractivity (Wildman–Crippen MR) is 112 cm³/mol. The number of fused-ring (bicyclic) bond motifs is 2. The number of imidazole rings is 1. The average Bonchev–Trinajstić information content (AvgIpc) is 3.33. The fourth-order valence-electron chi connectivity index (χ4n) is 4.34.